The molecule has 4 rings (SSSR count). The van der Waals surface area contributed by atoms with Crippen LogP contribution in [0.25, 0.3) is 5.95 Å². The molecule has 1 amide bonds. The Morgan fingerprint density at radius 2 is 1.72 bits per heavy atom. The van der Waals surface area contributed by atoms with Crippen LogP contribution < -0.4 is 19.5 Å². The van der Waals surface area contributed by atoms with E-state index < -0.39 is 0 Å². The van der Waals surface area contributed by atoms with Crippen LogP contribution in [0.5, 0.6) is 17.2 Å². The van der Waals surface area contributed by atoms with Crippen LogP contribution in [-0.2, 0) is 4.79 Å². The summed E-state index contributed by atoms with van der Waals surface area (Å²) in [5.74, 6) is 2.74. The van der Waals surface area contributed by atoms with E-state index in [2.05, 4.69) is 15.3 Å². The lowest BCUT2D eigenvalue weighted by Gasteiger charge is -2.21. The quantitative estimate of drug-likeness (QED) is 0.625. The second kappa shape index (κ2) is 8.70. The van der Waals surface area contributed by atoms with Gasteiger partial charge in [0.15, 0.2) is 11.5 Å². The first-order valence-corrected chi connectivity index (χ1v) is 11.0. The van der Waals surface area contributed by atoms with Crippen molar-refractivity contribution in [1.82, 2.24) is 19.7 Å². The summed E-state index contributed by atoms with van der Waals surface area (Å²) in [5.41, 5.74) is 4.13. The summed E-state index contributed by atoms with van der Waals surface area (Å²) in [4.78, 5) is 21.7. The third-order valence-corrected chi connectivity index (χ3v) is 6.44. The molecule has 1 aromatic carbocycles. The standard InChI is InChI=1S/C22H25N5O4S/c1-11-9-12(2)24-22(23-11)27-21-17(13(3)26-27)20(32-10-16(28)25-21)14-7-8-15(29-4)19(31-6)18(14)30-5/h7-9,20H,10H2,1-6H3,(H,25,28)/t20-/m1/s1. The average molecular weight is 456 g/mol. The van der Waals surface area contributed by atoms with Crippen LogP contribution in [0.15, 0.2) is 18.2 Å². The highest BCUT2D eigenvalue weighted by atomic mass is 32.2. The van der Waals surface area contributed by atoms with Crippen molar-refractivity contribution >= 4 is 23.5 Å². The van der Waals surface area contributed by atoms with Crippen LogP contribution in [0.3, 0.4) is 0 Å². The Morgan fingerprint density at radius 1 is 1.03 bits per heavy atom. The van der Waals surface area contributed by atoms with Gasteiger partial charge < -0.3 is 19.5 Å². The number of anilines is 1. The fourth-order valence-corrected chi connectivity index (χ4v) is 5.11. The molecule has 2 aromatic heterocycles. The molecule has 1 aliphatic rings. The maximum atomic E-state index is 12.6. The zero-order chi connectivity index (χ0) is 23.0. The molecule has 3 aromatic rings. The van der Waals surface area contributed by atoms with E-state index in [0.717, 1.165) is 28.2 Å². The van der Waals surface area contributed by atoms with Gasteiger partial charge in [-0.3, -0.25) is 4.79 Å². The van der Waals surface area contributed by atoms with Gasteiger partial charge in [-0.25, -0.2) is 9.97 Å². The number of benzene rings is 1. The number of carbonyl (C=O) groups is 1. The minimum Gasteiger partial charge on any atom is -0.493 e. The number of fused-ring (bicyclic) bond motifs is 1. The molecule has 9 nitrogen and oxygen atoms in total. The van der Waals surface area contributed by atoms with Crippen LogP contribution in [0.4, 0.5) is 5.82 Å². The first kappa shape index (κ1) is 21.9. The van der Waals surface area contributed by atoms with Crippen molar-refractivity contribution < 1.29 is 19.0 Å². The lowest BCUT2D eigenvalue weighted by atomic mass is 10.0. The number of thioether (sulfide) groups is 1. The summed E-state index contributed by atoms with van der Waals surface area (Å²) in [7, 11) is 4.74. The minimum absolute atomic E-state index is 0.122. The molecule has 0 unspecified atom stereocenters. The number of carbonyl (C=O) groups excluding carboxylic acids is 1. The van der Waals surface area contributed by atoms with E-state index in [1.807, 2.05) is 39.0 Å². The van der Waals surface area contributed by atoms with E-state index >= 15 is 0 Å². The van der Waals surface area contributed by atoms with Crippen molar-refractivity contribution in [3.8, 4) is 23.2 Å². The Morgan fingerprint density at radius 3 is 2.34 bits per heavy atom. The van der Waals surface area contributed by atoms with E-state index in [0.29, 0.717) is 29.0 Å². The van der Waals surface area contributed by atoms with Crippen molar-refractivity contribution in [3.63, 3.8) is 0 Å². The molecule has 10 heteroatoms. The van der Waals surface area contributed by atoms with Crippen molar-refractivity contribution in [2.45, 2.75) is 26.0 Å². The second-order valence-electron chi connectivity index (χ2n) is 7.37. The van der Waals surface area contributed by atoms with E-state index in [4.69, 9.17) is 19.3 Å². The summed E-state index contributed by atoms with van der Waals surface area (Å²) in [6.45, 7) is 5.72. The smallest absolute Gasteiger partial charge is 0.252 e. The molecule has 0 spiro atoms. The average Bonchev–Trinajstić information content (AvgIpc) is 2.97. The van der Waals surface area contributed by atoms with Crippen LogP contribution in [0, 0.1) is 20.8 Å². The maximum Gasteiger partial charge on any atom is 0.252 e. The zero-order valence-electron chi connectivity index (χ0n) is 18.8. The Labute approximate surface area is 190 Å². The Balaban J connectivity index is 1.94. The third-order valence-electron chi connectivity index (χ3n) is 5.18. The fourth-order valence-electron chi connectivity index (χ4n) is 3.91. The molecule has 0 bridgehead atoms. The Kier molecular flexibility index (Phi) is 5.96. The second-order valence-corrected chi connectivity index (χ2v) is 8.47. The number of aryl methyl sites for hydroxylation is 3. The molecule has 0 fully saturated rings. The molecule has 0 saturated carbocycles. The highest BCUT2D eigenvalue weighted by Gasteiger charge is 2.34. The van der Waals surface area contributed by atoms with Crippen molar-refractivity contribution in [2.75, 3.05) is 32.4 Å². The molecule has 0 radical (unpaired) electrons. The maximum absolute atomic E-state index is 12.6. The number of amides is 1. The van der Waals surface area contributed by atoms with Gasteiger partial charge in [0.1, 0.15) is 5.82 Å². The van der Waals surface area contributed by atoms with Crippen molar-refractivity contribution in [1.29, 1.82) is 0 Å². The number of aromatic nitrogens is 4. The van der Waals surface area contributed by atoms with Gasteiger partial charge in [0.05, 0.1) is 38.0 Å². The molecular weight excluding hydrogens is 430 g/mol. The van der Waals surface area contributed by atoms with E-state index in [1.165, 1.54) is 11.8 Å². The summed E-state index contributed by atoms with van der Waals surface area (Å²) < 4.78 is 18.3. The van der Waals surface area contributed by atoms with Gasteiger partial charge in [0.25, 0.3) is 5.95 Å². The SMILES string of the molecule is COc1ccc([C@H]2SCC(=O)Nc3c2c(C)nn3-c2nc(C)cc(C)n2)c(OC)c1OC. The van der Waals surface area contributed by atoms with Crippen LogP contribution in [-0.4, -0.2) is 52.7 Å². The molecule has 3 heterocycles. The van der Waals surface area contributed by atoms with E-state index in [1.54, 1.807) is 26.0 Å². The number of nitrogens with one attached hydrogen (secondary N) is 1. The lowest BCUT2D eigenvalue weighted by Crippen LogP contribution is -2.17. The number of nitrogens with zero attached hydrogens (tertiary/aromatic N) is 4. The highest BCUT2D eigenvalue weighted by Crippen LogP contribution is 2.50. The summed E-state index contributed by atoms with van der Waals surface area (Å²) in [5, 5.41) is 7.46. The first-order chi connectivity index (χ1) is 15.4. The van der Waals surface area contributed by atoms with Crippen LogP contribution in [0.2, 0.25) is 0 Å². The number of rotatable bonds is 5. The number of hydrogen-bond acceptors (Lipinski definition) is 8. The molecule has 0 aliphatic carbocycles. The largest absolute Gasteiger partial charge is 0.493 e. The van der Waals surface area contributed by atoms with E-state index in [9.17, 15) is 4.79 Å². The van der Waals surface area contributed by atoms with Gasteiger partial charge in [-0.15, -0.1) is 11.8 Å². The topological polar surface area (TPSA) is 100 Å². The van der Waals surface area contributed by atoms with Crippen LogP contribution in [0.1, 0.15) is 33.5 Å². The molecule has 1 atom stereocenters. The van der Waals surface area contributed by atoms with Crippen molar-refractivity contribution in [2.24, 2.45) is 0 Å². The summed E-state index contributed by atoms with van der Waals surface area (Å²) >= 11 is 1.50. The first-order valence-electron chi connectivity index (χ1n) is 10.00. The molecular formula is C22H25N5O4S. The van der Waals surface area contributed by atoms with Gasteiger partial charge in [-0.05, 0) is 39.0 Å². The highest BCUT2D eigenvalue weighted by molar-refractivity contribution is 8.00. The normalized spacial score (nSPS) is 15.6. The summed E-state index contributed by atoms with van der Waals surface area (Å²) in [6.07, 6.45) is 0. The zero-order valence-corrected chi connectivity index (χ0v) is 19.7. The van der Waals surface area contributed by atoms with Gasteiger partial charge in [0.2, 0.25) is 11.7 Å². The van der Waals surface area contributed by atoms with Gasteiger partial charge in [-0.2, -0.15) is 9.78 Å². The third kappa shape index (κ3) is 3.75. The predicted molar refractivity (Wildman–Crippen MR) is 122 cm³/mol. The lowest BCUT2D eigenvalue weighted by molar-refractivity contribution is -0.113. The number of methoxy groups -OCH3 is 3. The number of hydrogen-bond donors (Lipinski definition) is 1. The summed E-state index contributed by atoms with van der Waals surface area (Å²) in [6, 6.07) is 5.66. The Bertz CT molecular complexity index is 1170. The van der Waals surface area contributed by atoms with Crippen LogP contribution >= 0.6 is 11.8 Å². The van der Waals surface area contributed by atoms with Gasteiger partial charge in [0, 0.05) is 22.5 Å². The Hall–Kier alpha value is -3.27. The monoisotopic (exact) mass is 455 g/mol. The molecule has 32 heavy (non-hydrogen) atoms. The van der Waals surface area contributed by atoms with Gasteiger partial charge in [-0.1, -0.05) is 0 Å². The van der Waals surface area contributed by atoms with Gasteiger partial charge >= 0.3 is 0 Å². The molecule has 0 saturated heterocycles. The molecule has 1 N–H and O–H groups in total. The number of ether oxygens (including phenoxy) is 3. The minimum atomic E-state index is -0.238. The predicted octanol–water partition coefficient (Wildman–Crippen LogP) is 3.39. The molecule has 168 valence electrons. The van der Waals surface area contributed by atoms with Crippen molar-refractivity contribution in [3.05, 3.63) is 46.4 Å². The molecule has 1 aliphatic heterocycles. The van der Waals surface area contributed by atoms with E-state index in [-0.39, 0.29) is 16.9 Å². The fraction of sp³-hybridized carbons (Fsp3) is 0.364.